The van der Waals surface area contributed by atoms with E-state index in [1.807, 2.05) is 6.07 Å². The van der Waals surface area contributed by atoms with Crippen LogP contribution in [-0.4, -0.2) is 31.6 Å². The number of rotatable bonds is 6. The van der Waals surface area contributed by atoms with Crippen LogP contribution in [0.1, 0.15) is 35.7 Å². The van der Waals surface area contributed by atoms with Crippen molar-refractivity contribution in [3.8, 4) is 5.75 Å². The van der Waals surface area contributed by atoms with E-state index in [1.54, 1.807) is 28.5 Å². The van der Waals surface area contributed by atoms with E-state index in [0.717, 1.165) is 23.8 Å². The lowest BCUT2D eigenvalue weighted by molar-refractivity contribution is -0.122. The third kappa shape index (κ3) is 3.70. The monoisotopic (exact) mass is 427 g/mol. The van der Waals surface area contributed by atoms with Gasteiger partial charge in [0.25, 0.3) is 5.91 Å². The van der Waals surface area contributed by atoms with Crippen molar-refractivity contribution in [2.24, 2.45) is 0 Å². The molecule has 156 valence electrons. The van der Waals surface area contributed by atoms with E-state index in [1.165, 1.54) is 24.5 Å². The minimum absolute atomic E-state index is 0.219. The number of nitrogens with zero attached hydrogens (tertiary/aromatic N) is 1. The van der Waals surface area contributed by atoms with E-state index < -0.39 is 17.7 Å². The molecule has 2 aromatic heterocycles. The number of carbonyl (C=O) groups excluding carboxylic acids is 2. The van der Waals surface area contributed by atoms with Crippen molar-refractivity contribution in [1.29, 1.82) is 0 Å². The van der Waals surface area contributed by atoms with Crippen LogP contribution < -0.4 is 15.3 Å². The number of amides is 1. The SMILES string of the molecule is CCCc1cc(=O)oc2cc(OC3CCN(c4sccc4C(=O)OC)C3=O)ccc12. The zero-order chi connectivity index (χ0) is 21.3. The Morgan fingerprint density at radius 1 is 1.27 bits per heavy atom. The molecular weight excluding hydrogens is 406 g/mol. The van der Waals surface area contributed by atoms with E-state index in [9.17, 15) is 14.4 Å². The first-order valence-electron chi connectivity index (χ1n) is 9.72. The molecule has 7 nitrogen and oxygen atoms in total. The van der Waals surface area contributed by atoms with Gasteiger partial charge in [-0.1, -0.05) is 13.3 Å². The fourth-order valence-electron chi connectivity index (χ4n) is 3.66. The molecule has 1 fully saturated rings. The van der Waals surface area contributed by atoms with Crippen molar-refractivity contribution >= 4 is 39.2 Å². The van der Waals surface area contributed by atoms with Gasteiger partial charge in [0.05, 0.1) is 12.7 Å². The van der Waals surface area contributed by atoms with Gasteiger partial charge in [-0.05, 0) is 35.6 Å². The molecule has 0 spiro atoms. The van der Waals surface area contributed by atoms with E-state index in [-0.39, 0.29) is 5.91 Å². The Bertz CT molecular complexity index is 1160. The van der Waals surface area contributed by atoms with Crippen molar-refractivity contribution in [2.75, 3.05) is 18.6 Å². The van der Waals surface area contributed by atoms with Gasteiger partial charge in [0.15, 0.2) is 6.10 Å². The smallest absolute Gasteiger partial charge is 0.340 e. The van der Waals surface area contributed by atoms with Crippen LogP contribution in [-0.2, 0) is 16.0 Å². The van der Waals surface area contributed by atoms with Gasteiger partial charge in [-0.15, -0.1) is 11.3 Å². The van der Waals surface area contributed by atoms with Gasteiger partial charge < -0.3 is 13.9 Å². The molecule has 0 bridgehead atoms. The molecule has 0 aliphatic carbocycles. The van der Waals surface area contributed by atoms with Gasteiger partial charge >= 0.3 is 11.6 Å². The zero-order valence-electron chi connectivity index (χ0n) is 16.7. The highest BCUT2D eigenvalue weighted by Crippen LogP contribution is 2.33. The van der Waals surface area contributed by atoms with E-state index >= 15 is 0 Å². The predicted molar refractivity (Wildman–Crippen MR) is 114 cm³/mol. The summed E-state index contributed by atoms with van der Waals surface area (Å²) in [7, 11) is 1.31. The topological polar surface area (TPSA) is 86.1 Å². The Morgan fingerprint density at radius 3 is 2.87 bits per heavy atom. The van der Waals surface area contributed by atoms with Crippen molar-refractivity contribution in [2.45, 2.75) is 32.3 Å². The summed E-state index contributed by atoms with van der Waals surface area (Å²) in [5, 5.41) is 3.18. The Kier molecular flexibility index (Phi) is 5.59. The van der Waals surface area contributed by atoms with Crippen LogP contribution >= 0.6 is 11.3 Å². The number of esters is 1. The van der Waals surface area contributed by atoms with Crippen molar-refractivity contribution in [3.63, 3.8) is 0 Å². The highest BCUT2D eigenvalue weighted by molar-refractivity contribution is 7.14. The molecule has 1 saturated heterocycles. The van der Waals surface area contributed by atoms with Crippen molar-refractivity contribution < 1.29 is 23.5 Å². The van der Waals surface area contributed by atoms with Gasteiger partial charge in [-0.2, -0.15) is 0 Å². The zero-order valence-corrected chi connectivity index (χ0v) is 17.5. The average Bonchev–Trinajstić information content (AvgIpc) is 3.34. The fourth-order valence-corrected chi connectivity index (χ4v) is 4.58. The van der Waals surface area contributed by atoms with Gasteiger partial charge in [-0.3, -0.25) is 9.69 Å². The molecule has 3 aromatic rings. The molecule has 1 atom stereocenters. The Balaban J connectivity index is 1.56. The summed E-state index contributed by atoms with van der Waals surface area (Å²) in [4.78, 5) is 38.3. The van der Waals surface area contributed by atoms with Gasteiger partial charge in [0, 0.05) is 30.5 Å². The molecule has 0 radical (unpaired) electrons. The van der Waals surface area contributed by atoms with Crippen molar-refractivity contribution in [3.05, 3.63) is 57.3 Å². The van der Waals surface area contributed by atoms with E-state index in [2.05, 4.69) is 6.92 Å². The number of hydrogen-bond donors (Lipinski definition) is 0. The maximum Gasteiger partial charge on any atom is 0.340 e. The highest BCUT2D eigenvalue weighted by Gasteiger charge is 2.37. The number of carbonyl (C=O) groups is 2. The largest absolute Gasteiger partial charge is 0.480 e. The number of thiophene rings is 1. The Hall–Kier alpha value is -3.13. The molecule has 8 heteroatoms. The maximum atomic E-state index is 12.9. The Labute approximate surface area is 176 Å². The number of ether oxygens (including phenoxy) is 2. The summed E-state index contributed by atoms with van der Waals surface area (Å²) in [5.41, 5.74) is 1.34. The number of fused-ring (bicyclic) bond motifs is 1. The Morgan fingerprint density at radius 2 is 2.10 bits per heavy atom. The molecule has 4 rings (SSSR count). The standard InChI is InChI=1S/C22H21NO6S/c1-3-4-13-11-19(24)29-18-12-14(5-6-15(13)18)28-17-7-9-23(20(17)25)21-16(8-10-30-21)22(26)27-2/h5-6,8,10-12,17H,3-4,7,9H2,1-2H3. The second kappa shape index (κ2) is 8.31. The summed E-state index contributed by atoms with van der Waals surface area (Å²) < 4.78 is 16.1. The van der Waals surface area contributed by atoms with Gasteiger partial charge in [0.1, 0.15) is 16.3 Å². The number of benzene rings is 1. The maximum absolute atomic E-state index is 12.9. The van der Waals surface area contributed by atoms with Crippen LogP contribution in [0.4, 0.5) is 5.00 Å². The van der Waals surface area contributed by atoms with Crippen LogP contribution in [0.15, 0.2) is 44.9 Å². The van der Waals surface area contributed by atoms with Crippen LogP contribution in [0.2, 0.25) is 0 Å². The first-order chi connectivity index (χ1) is 14.5. The predicted octanol–water partition coefficient (Wildman–Crippen LogP) is 3.78. The van der Waals surface area contributed by atoms with Crippen molar-refractivity contribution in [1.82, 2.24) is 0 Å². The summed E-state index contributed by atoms with van der Waals surface area (Å²) in [5.74, 6) is -0.237. The van der Waals surface area contributed by atoms with Gasteiger partial charge in [0.2, 0.25) is 0 Å². The second-order valence-corrected chi connectivity index (χ2v) is 7.91. The van der Waals surface area contributed by atoms with E-state index in [4.69, 9.17) is 13.9 Å². The van der Waals surface area contributed by atoms with Crippen LogP contribution in [0.25, 0.3) is 11.0 Å². The lowest BCUT2D eigenvalue weighted by atomic mass is 10.1. The van der Waals surface area contributed by atoms with E-state index in [0.29, 0.717) is 34.9 Å². The minimum atomic E-state index is -0.680. The summed E-state index contributed by atoms with van der Waals surface area (Å²) in [6.45, 7) is 2.49. The second-order valence-electron chi connectivity index (χ2n) is 7.01. The molecule has 3 heterocycles. The molecule has 1 amide bonds. The average molecular weight is 427 g/mol. The third-order valence-corrected chi connectivity index (χ3v) is 5.99. The number of anilines is 1. The molecule has 1 unspecified atom stereocenters. The van der Waals surface area contributed by atoms with Gasteiger partial charge in [-0.25, -0.2) is 9.59 Å². The molecule has 1 aromatic carbocycles. The quantitative estimate of drug-likeness (QED) is 0.440. The first kappa shape index (κ1) is 20.2. The molecular formula is C22H21NO6S. The summed E-state index contributed by atoms with van der Waals surface area (Å²) in [6, 6.07) is 8.45. The highest BCUT2D eigenvalue weighted by atomic mass is 32.1. The molecule has 1 aliphatic heterocycles. The number of methoxy groups -OCH3 is 1. The number of aryl methyl sites for hydroxylation is 1. The van der Waals surface area contributed by atoms with Crippen LogP contribution in [0, 0.1) is 0 Å². The lowest BCUT2D eigenvalue weighted by Gasteiger charge is -2.17. The third-order valence-electron chi connectivity index (χ3n) is 5.05. The molecule has 0 N–H and O–H groups in total. The molecule has 1 aliphatic rings. The van der Waals surface area contributed by atoms with Crippen LogP contribution in [0.3, 0.4) is 0 Å². The molecule has 30 heavy (non-hydrogen) atoms. The fraction of sp³-hybridized carbons (Fsp3) is 0.318. The van der Waals surface area contributed by atoms with Crippen LogP contribution in [0.5, 0.6) is 5.75 Å². The normalized spacial score (nSPS) is 16.3. The lowest BCUT2D eigenvalue weighted by Crippen LogP contribution is -2.32. The number of hydrogen-bond acceptors (Lipinski definition) is 7. The first-order valence-corrected chi connectivity index (χ1v) is 10.6. The molecule has 0 saturated carbocycles. The summed E-state index contributed by atoms with van der Waals surface area (Å²) in [6.07, 6.45) is 1.50. The summed E-state index contributed by atoms with van der Waals surface area (Å²) >= 11 is 1.31. The minimum Gasteiger partial charge on any atom is -0.480 e.